The standard InChI is InChI=1S/2C14H15N3O2/c1-2-19-14(18)7-4-8-17-10-12-11(9-15)5-3-6-13(12)16-17;1-2-19-14(18)7-4-8-17-13-6-3-5-11(9-15)12(13)10-16-17/h2*3,5-6,10H,2,4,7-8H2,1H3. The van der Waals surface area contributed by atoms with Crippen molar-refractivity contribution >= 4 is 33.7 Å². The predicted molar refractivity (Wildman–Crippen MR) is 141 cm³/mol. The Labute approximate surface area is 221 Å². The van der Waals surface area contributed by atoms with Gasteiger partial charge < -0.3 is 9.47 Å². The lowest BCUT2D eigenvalue weighted by molar-refractivity contribution is -0.144. The van der Waals surface area contributed by atoms with Gasteiger partial charge in [0.05, 0.1) is 53.7 Å². The molecule has 0 aliphatic heterocycles. The molecule has 0 N–H and O–H groups in total. The van der Waals surface area contributed by atoms with E-state index in [1.165, 1.54) is 0 Å². The smallest absolute Gasteiger partial charge is 0.305 e. The molecule has 0 spiro atoms. The maximum atomic E-state index is 11.2. The Balaban J connectivity index is 0.000000211. The van der Waals surface area contributed by atoms with Gasteiger partial charge >= 0.3 is 11.9 Å². The Bertz CT molecular complexity index is 1450. The summed E-state index contributed by atoms with van der Waals surface area (Å²) in [7, 11) is 0. The molecule has 0 aliphatic rings. The number of hydrogen-bond acceptors (Lipinski definition) is 8. The number of carbonyl (C=O) groups is 2. The lowest BCUT2D eigenvalue weighted by atomic mass is 10.1. The molecule has 0 fully saturated rings. The van der Waals surface area contributed by atoms with Crippen molar-refractivity contribution in [3.05, 3.63) is 59.9 Å². The quantitative estimate of drug-likeness (QED) is 0.282. The fraction of sp³-hybridized carbons (Fsp3) is 0.357. The molecule has 2 aromatic heterocycles. The van der Waals surface area contributed by atoms with Crippen LogP contribution in [-0.2, 0) is 32.2 Å². The average molecular weight is 515 g/mol. The van der Waals surface area contributed by atoms with E-state index in [0.29, 0.717) is 63.1 Å². The van der Waals surface area contributed by atoms with Gasteiger partial charge in [0.15, 0.2) is 0 Å². The zero-order chi connectivity index (χ0) is 27.3. The van der Waals surface area contributed by atoms with Crippen LogP contribution in [0.1, 0.15) is 50.7 Å². The van der Waals surface area contributed by atoms with Crippen LogP contribution in [0.25, 0.3) is 21.8 Å². The molecule has 196 valence electrons. The zero-order valence-electron chi connectivity index (χ0n) is 21.6. The van der Waals surface area contributed by atoms with E-state index in [2.05, 4.69) is 22.3 Å². The van der Waals surface area contributed by atoms with Gasteiger partial charge in [0.2, 0.25) is 0 Å². The topological polar surface area (TPSA) is 136 Å². The first-order valence-corrected chi connectivity index (χ1v) is 12.5. The SMILES string of the molecule is CCOC(=O)CCCn1cc2c(C#N)cccc2n1.CCOC(=O)CCCn1ncc2c(C#N)cccc21. The van der Waals surface area contributed by atoms with E-state index < -0.39 is 0 Å². The second-order valence-corrected chi connectivity index (χ2v) is 8.28. The highest BCUT2D eigenvalue weighted by atomic mass is 16.5. The van der Waals surface area contributed by atoms with Crippen LogP contribution in [0.15, 0.2) is 48.8 Å². The summed E-state index contributed by atoms with van der Waals surface area (Å²) in [6.07, 6.45) is 5.65. The lowest BCUT2D eigenvalue weighted by Gasteiger charge is -2.04. The molecule has 2 heterocycles. The molecule has 10 nitrogen and oxygen atoms in total. The van der Waals surface area contributed by atoms with E-state index in [0.717, 1.165) is 21.8 Å². The second kappa shape index (κ2) is 14.1. The zero-order valence-corrected chi connectivity index (χ0v) is 21.6. The number of carbonyl (C=O) groups excluding carboxylic acids is 2. The van der Waals surface area contributed by atoms with E-state index >= 15 is 0 Å². The number of ether oxygens (including phenoxy) is 2. The molecule has 4 aromatic rings. The van der Waals surface area contributed by atoms with Crippen LogP contribution in [0, 0.1) is 22.7 Å². The maximum absolute atomic E-state index is 11.2. The Hall–Kier alpha value is -4.70. The summed E-state index contributed by atoms with van der Waals surface area (Å²) in [5.41, 5.74) is 2.96. The van der Waals surface area contributed by atoms with Crippen LogP contribution in [0.2, 0.25) is 0 Å². The minimum absolute atomic E-state index is 0.183. The van der Waals surface area contributed by atoms with E-state index in [-0.39, 0.29) is 11.9 Å². The Morgan fingerprint density at radius 2 is 1.47 bits per heavy atom. The predicted octanol–water partition coefficient (Wildman–Crippen LogP) is 4.50. The summed E-state index contributed by atoms with van der Waals surface area (Å²) < 4.78 is 13.3. The summed E-state index contributed by atoms with van der Waals surface area (Å²) >= 11 is 0. The number of aryl methyl sites for hydroxylation is 2. The third-order valence-electron chi connectivity index (χ3n) is 5.66. The molecule has 0 saturated heterocycles. The van der Waals surface area contributed by atoms with Crippen LogP contribution in [0.4, 0.5) is 0 Å². The summed E-state index contributed by atoms with van der Waals surface area (Å²) in [6.45, 7) is 5.69. The summed E-state index contributed by atoms with van der Waals surface area (Å²) in [5.74, 6) is -0.367. The number of nitrogens with zero attached hydrogens (tertiary/aromatic N) is 6. The molecule has 0 radical (unpaired) electrons. The highest BCUT2D eigenvalue weighted by Gasteiger charge is 2.08. The van der Waals surface area contributed by atoms with Gasteiger partial charge in [-0.3, -0.25) is 19.0 Å². The molecule has 0 amide bonds. The fourth-order valence-corrected chi connectivity index (χ4v) is 3.91. The van der Waals surface area contributed by atoms with Crippen LogP contribution in [0.3, 0.4) is 0 Å². The van der Waals surface area contributed by atoms with Gasteiger partial charge in [-0.1, -0.05) is 12.1 Å². The van der Waals surface area contributed by atoms with Gasteiger partial charge in [0.25, 0.3) is 0 Å². The first-order chi connectivity index (χ1) is 18.5. The summed E-state index contributed by atoms with van der Waals surface area (Å²) in [6, 6.07) is 15.3. The van der Waals surface area contributed by atoms with Gasteiger partial charge in [0, 0.05) is 42.9 Å². The van der Waals surface area contributed by atoms with Crippen molar-refractivity contribution in [2.75, 3.05) is 13.2 Å². The summed E-state index contributed by atoms with van der Waals surface area (Å²) in [4.78, 5) is 22.5. The molecule has 0 bridgehead atoms. The molecule has 0 unspecified atom stereocenters. The Kier molecular flexibility index (Phi) is 10.4. The monoisotopic (exact) mass is 514 g/mol. The molecule has 0 saturated carbocycles. The number of esters is 2. The highest BCUT2D eigenvalue weighted by molar-refractivity contribution is 5.85. The molecular weight excluding hydrogens is 484 g/mol. The number of aromatic nitrogens is 4. The molecule has 4 rings (SSSR count). The van der Waals surface area contributed by atoms with E-state index in [1.54, 1.807) is 36.9 Å². The lowest BCUT2D eigenvalue weighted by Crippen LogP contribution is -2.07. The normalized spacial score (nSPS) is 10.3. The van der Waals surface area contributed by atoms with Gasteiger partial charge in [-0.15, -0.1) is 0 Å². The van der Waals surface area contributed by atoms with Crippen LogP contribution < -0.4 is 0 Å². The first kappa shape index (κ1) is 27.9. The molecule has 10 heteroatoms. The van der Waals surface area contributed by atoms with Crippen molar-refractivity contribution < 1.29 is 19.1 Å². The maximum Gasteiger partial charge on any atom is 0.305 e. The fourth-order valence-electron chi connectivity index (χ4n) is 3.91. The van der Waals surface area contributed by atoms with Crippen molar-refractivity contribution in [3.8, 4) is 12.1 Å². The molecule has 2 aromatic carbocycles. The first-order valence-electron chi connectivity index (χ1n) is 12.5. The van der Waals surface area contributed by atoms with Gasteiger partial charge in [-0.2, -0.15) is 20.7 Å². The third kappa shape index (κ3) is 7.40. The molecule has 38 heavy (non-hydrogen) atoms. The largest absolute Gasteiger partial charge is 0.466 e. The number of benzene rings is 2. The van der Waals surface area contributed by atoms with Gasteiger partial charge in [0.1, 0.15) is 0 Å². The number of fused-ring (bicyclic) bond motifs is 2. The van der Waals surface area contributed by atoms with Crippen molar-refractivity contribution in [1.82, 2.24) is 19.6 Å². The van der Waals surface area contributed by atoms with Crippen molar-refractivity contribution in [2.45, 2.75) is 52.6 Å². The average Bonchev–Trinajstić information content (AvgIpc) is 3.53. The highest BCUT2D eigenvalue weighted by Crippen LogP contribution is 2.18. The Morgan fingerprint density at radius 1 is 0.868 bits per heavy atom. The summed E-state index contributed by atoms with van der Waals surface area (Å²) in [5, 5.41) is 28.3. The Morgan fingerprint density at radius 3 is 2.11 bits per heavy atom. The minimum Gasteiger partial charge on any atom is -0.466 e. The van der Waals surface area contributed by atoms with Crippen molar-refractivity contribution in [2.24, 2.45) is 0 Å². The minimum atomic E-state index is -0.184. The van der Waals surface area contributed by atoms with Gasteiger partial charge in [-0.05, 0) is 51.0 Å². The van der Waals surface area contributed by atoms with Crippen molar-refractivity contribution in [3.63, 3.8) is 0 Å². The molecule has 0 atom stereocenters. The van der Waals surface area contributed by atoms with Crippen LogP contribution >= 0.6 is 0 Å². The second-order valence-electron chi connectivity index (χ2n) is 8.28. The van der Waals surface area contributed by atoms with E-state index in [9.17, 15) is 9.59 Å². The number of rotatable bonds is 10. The molecular formula is C28H30N6O4. The van der Waals surface area contributed by atoms with E-state index in [1.807, 2.05) is 35.1 Å². The van der Waals surface area contributed by atoms with Gasteiger partial charge in [-0.25, -0.2) is 0 Å². The number of nitriles is 2. The number of hydrogen-bond donors (Lipinski definition) is 0. The van der Waals surface area contributed by atoms with E-state index in [4.69, 9.17) is 20.0 Å². The third-order valence-corrected chi connectivity index (χ3v) is 5.66. The molecule has 0 aliphatic carbocycles. The van der Waals surface area contributed by atoms with Crippen LogP contribution in [0.5, 0.6) is 0 Å². The van der Waals surface area contributed by atoms with Crippen LogP contribution in [-0.4, -0.2) is 44.7 Å². The van der Waals surface area contributed by atoms with Crippen molar-refractivity contribution in [1.29, 1.82) is 10.5 Å².